The van der Waals surface area contributed by atoms with E-state index in [-0.39, 0.29) is 30.3 Å². The van der Waals surface area contributed by atoms with Crippen molar-refractivity contribution in [2.24, 2.45) is 11.8 Å². The number of nitrogens with one attached hydrogen (secondary N) is 1. The highest BCUT2D eigenvalue weighted by Gasteiger charge is 2.48. The number of rotatable bonds is 3. The Balaban J connectivity index is 1.56. The van der Waals surface area contributed by atoms with Crippen molar-refractivity contribution in [1.29, 1.82) is 0 Å². The molecule has 0 radical (unpaired) electrons. The number of hydrogen-bond acceptors (Lipinski definition) is 4. The van der Waals surface area contributed by atoms with Gasteiger partial charge in [0.25, 0.3) is 0 Å². The van der Waals surface area contributed by atoms with Gasteiger partial charge >= 0.3 is 0 Å². The molecule has 1 aliphatic carbocycles. The number of carbonyl (C=O) groups is 2. The van der Waals surface area contributed by atoms with Crippen LogP contribution in [0.3, 0.4) is 0 Å². The van der Waals surface area contributed by atoms with Crippen molar-refractivity contribution in [3.8, 4) is 0 Å². The van der Waals surface area contributed by atoms with E-state index in [4.69, 9.17) is 11.6 Å². The van der Waals surface area contributed by atoms with Gasteiger partial charge in [-0.2, -0.15) is 0 Å². The molecule has 1 aromatic carbocycles. The molecule has 0 spiro atoms. The molecule has 0 unspecified atom stereocenters. The van der Waals surface area contributed by atoms with E-state index >= 15 is 0 Å². The molecule has 1 aromatic heterocycles. The second kappa shape index (κ2) is 6.15. The number of pyridine rings is 1. The summed E-state index contributed by atoms with van der Waals surface area (Å²) in [5.41, 5.74) is 2.78. The van der Waals surface area contributed by atoms with Crippen molar-refractivity contribution in [2.45, 2.75) is 19.8 Å². The summed E-state index contributed by atoms with van der Waals surface area (Å²) in [5.74, 6) is -0.852. The third kappa shape index (κ3) is 2.68. The molecule has 2 aliphatic rings. The van der Waals surface area contributed by atoms with Gasteiger partial charge in [0.1, 0.15) is 0 Å². The number of amides is 2. The number of aromatic nitrogens is 1. The average Bonchev–Trinajstić information content (AvgIpc) is 2.84. The number of carbonyl (C=O) groups excluding carboxylic acids is 2. The molecule has 1 fully saturated rings. The van der Waals surface area contributed by atoms with Crippen LogP contribution in [-0.2, 0) is 9.59 Å². The van der Waals surface area contributed by atoms with Crippen LogP contribution >= 0.6 is 11.6 Å². The molecular weight excluding hydrogens is 338 g/mol. The van der Waals surface area contributed by atoms with Crippen LogP contribution in [0.25, 0.3) is 10.9 Å². The van der Waals surface area contributed by atoms with Crippen LogP contribution in [0.1, 0.15) is 18.4 Å². The van der Waals surface area contributed by atoms with Gasteiger partial charge in [-0.3, -0.25) is 19.5 Å². The Labute approximate surface area is 150 Å². The summed E-state index contributed by atoms with van der Waals surface area (Å²) in [5, 5.41) is 4.93. The Bertz CT molecular complexity index is 909. The van der Waals surface area contributed by atoms with Crippen molar-refractivity contribution in [3.05, 3.63) is 47.1 Å². The van der Waals surface area contributed by atoms with Crippen molar-refractivity contribution < 1.29 is 9.59 Å². The van der Waals surface area contributed by atoms with Crippen molar-refractivity contribution >= 4 is 40.0 Å². The maximum absolute atomic E-state index is 12.6. The molecular formula is C19H18ClN3O2. The zero-order chi connectivity index (χ0) is 17.6. The summed E-state index contributed by atoms with van der Waals surface area (Å²) >= 11 is 6.05. The summed E-state index contributed by atoms with van der Waals surface area (Å²) in [6, 6.07) is 7.82. The Morgan fingerprint density at radius 3 is 2.88 bits per heavy atom. The smallest absolute Gasteiger partial charge is 0.234 e. The van der Waals surface area contributed by atoms with E-state index < -0.39 is 0 Å². The molecule has 2 amide bonds. The number of hydrogen-bond donors (Lipinski definition) is 1. The lowest BCUT2D eigenvalue weighted by Gasteiger charge is -2.17. The number of allylic oxidation sites excluding steroid dienone is 2. The second-order valence-electron chi connectivity index (χ2n) is 6.57. The number of imide groups is 1. The molecule has 128 valence electrons. The predicted octanol–water partition coefficient (Wildman–Crippen LogP) is 3.43. The van der Waals surface area contributed by atoms with Gasteiger partial charge in [-0.05, 0) is 37.5 Å². The van der Waals surface area contributed by atoms with E-state index in [1.54, 1.807) is 6.20 Å². The Kier molecular flexibility index (Phi) is 3.96. The number of likely N-dealkylation sites (tertiary alicyclic amines) is 1. The van der Waals surface area contributed by atoms with Gasteiger partial charge in [-0.1, -0.05) is 29.8 Å². The molecule has 2 aromatic rings. The Hall–Kier alpha value is -2.40. The minimum Gasteiger partial charge on any atom is -0.365 e. The van der Waals surface area contributed by atoms with E-state index in [1.807, 2.05) is 37.3 Å². The maximum Gasteiger partial charge on any atom is 0.234 e. The largest absolute Gasteiger partial charge is 0.365 e. The van der Waals surface area contributed by atoms with Crippen LogP contribution in [0.5, 0.6) is 0 Å². The third-order valence-electron chi connectivity index (χ3n) is 5.08. The number of halogens is 1. The zero-order valence-corrected chi connectivity index (χ0v) is 14.6. The molecule has 25 heavy (non-hydrogen) atoms. The normalized spacial score (nSPS) is 23.0. The topological polar surface area (TPSA) is 62.3 Å². The second-order valence-corrected chi connectivity index (χ2v) is 7.06. The zero-order valence-electron chi connectivity index (χ0n) is 13.8. The van der Waals surface area contributed by atoms with Crippen molar-refractivity contribution in [1.82, 2.24) is 9.88 Å². The molecule has 1 N–H and O–H groups in total. The van der Waals surface area contributed by atoms with Crippen molar-refractivity contribution in [2.75, 3.05) is 12.0 Å². The lowest BCUT2D eigenvalue weighted by molar-refractivity contribution is -0.139. The monoisotopic (exact) mass is 355 g/mol. The first kappa shape index (κ1) is 16.1. The molecule has 4 rings (SSSR count). The molecule has 2 heterocycles. The van der Waals surface area contributed by atoms with Crippen LogP contribution in [0, 0.1) is 18.8 Å². The van der Waals surface area contributed by atoms with Gasteiger partial charge in [-0.15, -0.1) is 0 Å². The summed E-state index contributed by atoms with van der Waals surface area (Å²) in [4.78, 5) is 30.9. The number of anilines is 1. The quantitative estimate of drug-likeness (QED) is 0.857. The fourth-order valence-corrected chi connectivity index (χ4v) is 3.93. The molecule has 5 nitrogen and oxygen atoms in total. The highest BCUT2D eigenvalue weighted by molar-refractivity contribution is 6.30. The van der Waals surface area contributed by atoms with Crippen LogP contribution in [0.4, 0.5) is 5.69 Å². The number of aryl methyl sites for hydroxylation is 1. The molecule has 1 aliphatic heterocycles. The summed E-state index contributed by atoms with van der Waals surface area (Å²) < 4.78 is 0. The summed E-state index contributed by atoms with van der Waals surface area (Å²) in [6.07, 6.45) is 4.61. The fourth-order valence-electron chi connectivity index (χ4n) is 3.67. The van der Waals surface area contributed by atoms with E-state index in [2.05, 4.69) is 10.3 Å². The van der Waals surface area contributed by atoms with Crippen molar-refractivity contribution in [3.63, 3.8) is 0 Å². The summed E-state index contributed by atoms with van der Waals surface area (Å²) in [7, 11) is 0. The Morgan fingerprint density at radius 2 is 2.04 bits per heavy atom. The molecule has 1 saturated heterocycles. The van der Waals surface area contributed by atoms with Crippen LogP contribution in [-0.4, -0.2) is 28.4 Å². The molecule has 6 heteroatoms. The number of benzene rings is 1. The van der Waals surface area contributed by atoms with Gasteiger partial charge in [0.15, 0.2) is 0 Å². The minimum atomic E-state index is -0.320. The lowest BCUT2D eigenvalue weighted by atomic mass is 9.85. The van der Waals surface area contributed by atoms with Crippen LogP contribution in [0.2, 0.25) is 0 Å². The van der Waals surface area contributed by atoms with Gasteiger partial charge < -0.3 is 5.32 Å². The van der Waals surface area contributed by atoms with Crippen LogP contribution < -0.4 is 5.32 Å². The molecule has 0 bridgehead atoms. The fraction of sp³-hybridized carbons (Fsp3) is 0.316. The maximum atomic E-state index is 12.6. The Morgan fingerprint density at radius 1 is 1.24 bits per heavy atom. The minimum absolute atomic E-state index is 0.118. The van der Waals surface area contributed by atoms with Gasteiger partial charge in [-0.25, -0.2) is 0 Å². The number of fused-ring (bicyclic) bond motifs is 2. The lowest BCUT2D eigenvalue weighted by Crippen LogP contribution is -2.35. The van der Waals surface area contributed by atoms with Gasteiger partial charge in [0.05, 0.1) is 29.7 Å². The number of para-hydroxylation sites is 1. The molecule has 0 saturated carbocycles. The van der Waals surface area contributed by atoms with Gasteiger partial charge in [0, 0.05) is 16.6 Å². The van der Waals surface area contributed by atoms with Crippen LogP contribution in [0.15, 0.2) is 41.6 Å². The first-order valence-electron chi connectivity index (χ1n) is 8.34. The predicted molar refractivity (Wildman–Crippen MR) is 97.0 cm³/mol. The van der Waals surface area contributed by atoms with E-state index in [1.165, 1.54) is 4.90 Å². The highest BCUT2D eigenvalue weighted by atomic mass is 35.5. The first-order valence-corrected chi connectivity index (χ1v) is 8.72. The first-order chi connectivity index (χ1) is 12.1. The third-order valence-corrected chi connectivity index (χ3v) is 5.39. The standard InChI is InChI=1S/C19H18ClN3O2/c1-11-7-8-21-17-13(11)3-2-4-16(17)22-10-23-18(24)14-6-5-12(20)9-15(14)19(23)25/h2-5,7-8,14-15,22H,6,9-10H2,1H3/t14-,15+/m0/s1. The molecule has 2 atom stereocenters. The average molecular weight is 356 g/mol. The highest BCUT2D eigenvalue weighted by Crippen LogP contribution is 2.38. The van der Waals surface area contributed by atoms with E-state index in [0.29, 0.717) is 17.9 Å². The SMILES string of the molecule is Cc1ccnc2c(NCN3C(=O)[C@H]4CC=C(Cl)C[C@H]4C3=O)cccc12. The van der Waals surface area contributed by atoms with E-state index in [9.17, 15) is 9.59 Å². The summed E-state index contributed by atoms with van der Waals surface area (Å²) in [6.45, 7) is 2.18. The van der Waals surface area contributed by atoms with Gasteiger partial charge in [0.2, 0.25) is 11.8 Å². The number of nitrogens with zero attached hydrogens (tertiary/aromatic N) is 2. The van der Waals surface area contributed by atoms with E-state index in [0.717, 1.165) is 22.2 Å².